The van der Waals surface area contributed by atoms with E-state index in [4.69, 9.17) is 5.11 Å². The summed E-state index contributed by atoms with van der Waals surface area (Å²) < 4.78 is 0. The molecule has 0 radical (unpaired) electrons. The number of hydrogen-bond acceptors (Lipinski definition) is 4. The van der Waals surface area contributed by atoms with Gasteiger partial charge in [-0.1, -0.05) is 30.3 Å². The summed E-state index contributed by atoms with van der Waals surface area (Å²) in [5.74, 6) is 1.91. The Morgan fingerprint density at radius 1 is 1.47 bits per heavy atom. The molecule has 19 heavy (non-hydrogen) atoms. The van der Waals surface area contributed by atoms with E-state index in [9.17, 15) is 4.79 Å². The molecular formula is C14H20N2O2S. The normalized spacial score (nSPS) is 20.2. The van der Waals surface area contributed by atoms with Gasteiger partial charge in [0.15, 0.2) is 0 Å². The SMILES string of the molecule is O=C(NCC(CCO)c1ccccc1)C1CSCN1. The Bertz CT molecular complexity index is 394. The number of rotatable bonds is 6. The minimum absolute atomic E-state index is 0.0591. The molecule has 4 nitrogen and oxygen atoms in total. The van der Waals surface area contributed by atoms with Crippen molar-refractivity contribution in [3.63, 3.8) is 0 Å². The van der Waals surface area contributed by atoms with Gasteiger partial charge in [-0.15, -0.1) is 11.8 Å². The lowest BCUT2D eigenvalue weighted by Gasteiger charge is -2.18. The topological polar surface area (TPSA) is 61.4 Å². The van der Waals surface area contributed by atoms with E-state index in [1.165, 1.54) is 0 Å². The standard InChI is InChI=1S/C14H20N2O2S/c17-7-6-12(11-4-2-1-3-5-11)8-15-14(18)13-9-19-10-16-13/h1-5,12-13,16-17H,6-10H2,(H,15,18). The highest BCUT2D eigenvalue weighted by molar-refractivity contribution is 7.99. The zero-order chi connectivity index (χ0) is 13.5. The van der Waals surface area contributed by atoms with E-state index in [0.29, 0.717) is 13.0 Å². The Morgan fingerprint density at radius 3 is 2.89 bits per heavy atom. The predicted molar refractivity (Wildman–Crippen MR) is 78.1 cm³/mol. The molecule has 2 atom stereocenters. The molecule has 5 heteroatoms. The number of thioether (sulfide) groups is 1. The third kappa shape index (κ3) is 4.23. The van der Waals surface area contributed by atoms with Gasteiger partial charge in [0.25, 0.3) is 0 Å². The largest absolute Gasteiger partial charge is 0.396 e. The number of nitrogens with one attached hydrogen (secondary N) is 2. The van der Waals surface area contributed by atoms with Crippen LogP contribution in [0.2, 0.25) is 0 Å². The van der Waals surface area contributed by atoms with Crippen molar-refractivity contribution in [2.24, 2.45) is 0 Å². The van der Waals surface area contributed by atoms with Crippen molar-refractivity contribution in [1.82, 2.24) is 10.6 Å². The first-order chi connectivity index (χ1) is 9.31. The molecule has 1 aliphatic heterocycles. The lowest BCUT2D eigenvalue weighted by atomic mass is 9.96. The van der Waals surface area contributed by atoms with E-state index in [1.54, 1.807) is 11.8 Å². The lowest BCUT2D eigenvalue weighted by molar-refractivity contribution is -0.122. The zero-order valence-electron chi connectivity index (χ0n) is 10.8. The number of benzene rings is 1. The second-order valence-electron chi connectivity index (χ2n) is 4.64. The molecule has 1 aliphatic rings. The molecule has 1 fully saturated rings. The molecule has 1 saturated heterocycles. The summed E-state index contributed by atoms with van der Waals surface area (Å²) >= 11 is 1.74. The molecule has 0 bridgehead atoms. The summed E-state index contributed by atoms with van der Waals surface area (Å²) in [6.45, 7) is 0.708. The number of aliphatic hydroxyl groups excluding tert-OH is 1. The Kier molecular flexibility index (Phi) is 5.69. The van der Waals surface area contributed by atoms with Crippen molar-refractivity contribution >= 4 is 17.7 Å². The summed E-state index contributed by atoms with van der Waals surface area (Å²) in [5, 5.41) is 15.3. The molecular weight excluding hydrogens is 260 g/mol. The van der Waals surface area contributed by atoms with Crippen LogP contribution in [0.1, 0.15) is 17.9 Å². The van der Waals surface area contributed by atoms with E-state index in [0.717, 1.165) is 17.2 Å². The fourth-order valence-corrected chi connectivity index (χ4v) is 3.12. The molecule has 1 aromatic carbocycles. The van der Waals surface area contributed by atoms with Crippen LogP contribution < -0.4 is 10.6 Å². The van der Waals surface area contributed by atoms with E-state index < -0.39 is 0 Å². The second-order valence-corrected chi connectivity index (χ2v) is 5.67. The average molecular weight is 280 g/mol. The number of aliphatic hydroxyl groups is 1. The highest BCUT2D eigenvalue weighted by Gasteiger charge is 2.23. The molecule has 104 valence electrons. The van der Waals surface area contributed by atoms with Crippen LogP contribution in [-0.4, -0.2) is 41.8 Å². The van der Waals surface area contributed by atoms with E-state index in [2.05, 4.69) is 10.6 Å². The molecule has 1 aromatic rings. The van der Waals surface area contributed by atoms with E-state index >= 15 is 0 Å². The summed E-state index contributed by atoms with van der Waals surface area (Å²) in [4.78, 5) is 11.9. The smallest absolute Gasteiger partial charge is 0.238 e. The van der Waals surface area contributed by atoms with Crippen molar-refractivity contribution < 1.29 is 9.90 Å². The maximum atomic E-state index is 11.9. The second kappa shape index (κ2) is 7.53. The number of carbonyl (C=O) groups excluding carboxylic acids is 1. The van der Waals surface area contributed by atoms with Crippen molar-refractivity contribution in [2.45, 2.75) is 18.4 Å². The fourth-order valence-electron chi connectivity index (χ4n) is 2.18. The Labute approximate surface area is 118 Å². The first-order valence-corrected chi connectivity index (χ1v) is 7.71. The van der Waals surface area contributed by atoms with Gasteiger partial charge in [0.05, 0.1) is 6.04 Å². The van der Waals surface area contributed by atoms with Crippen molar-refractivity contribution in [2.75, 3.05) is 24.8 Å². The third-order valence-electron chi connectivity index (χ3n) is 3.30. The maximum absolute atomic E-state index is 11.9. The summed E-state index contributed by atoms with van der Waals surface area (Å²) in [6.07, 6.45) is 0.664. The molecule has 3 N–H and O–H groups in total. The first-order valence-electron chi connectivity index (χ1n) is 6.56. The summed E-state index contributed by atoms with van der Waals surface area (Å²) in [5.41, 5.74) is 1.16. The van der Waals surface area contributed by atoms with Gasteiger partial charge in [0, 0.05) is 30.7 Å². The highest BCUT2D eigenvalue weighted by Crippen LogP contribution is 2.18. The van der Waals surface area contributed by atoms with Gasteiger partial charge >= 0.3 is 0 Å². The lowest BCUT2D eigenvalue weighted by Crippen LogP contribution is -2.43. The van der Waals surface area contributed by atoms with Crippen molar-refractivity contribution in [3.8, 4) is 0 Å². The van der Waals surface area contributed by atoms with Crippen LogP contribution in [0.25, 0.3) is 0 Å². The summed E-state index contributed by atoms with van der Waals surface area (Å²) in [6, 6.07) is 9.94. The predicted octanol–water partition coefficient (Wildman–Crippen LogP) is 0.931. The quantitative estimate of drug-likeness (QED) is 0.725. The molecule has 0 saturated carbocycles. The Hall–Kier alpha value is -1.04. The molecule has 2 rings (SSSR count). The van der Waals surface area contributed by atoms with Crippen LogP contribution in [0.5, 0.6) is 0 Å². The fraction of sp³-hybridized carbons (Fsp3) is 0.500. The molecule has 0 aromatic heterocycles. The van der Waals surface area contributed by atoms with Gasteiger partial charge in [-0.2, -0.15) is 0 Å². The van der Waals surface area contributed by atoms with Crippen LogP contribution in [-0.2, 0) is 4.79 Å². The van der Waals surface area contributed by atoms with Gasteiger partial charge < -0.3 is 10.4 Å². The molecule has 0 aliphatic carbocycles. The van der Waals surface area contributed by atoms with E-state index in [1.807, 2.05) is 30.3 Å². The molecule has 0 spiro atoms. The van der Waals surface area contributed by atoms with Gasteiger partial charge in [-0.25, -0.2) is 0 Å². The van der Waals surface area contributed by atoms with Gasteiger partial charge in [-0.3, -0.25) is 10.1 Å². The third-order valence-corrected chi connectivity index (χ3v) is 4.24. The Morgan fingerprint density at radius 2 is 2.26 bits per heavy atom. The zero-order valence-corrected chi connectivity index (χ0v) is 11.7. The monoisotopic (exact) mass is 280 g/mol. The van der Waals surface area contributed by atoms with Gasteiger partial charge in [-0.05, 0) is 12.0 Å². The van der Waals surface area contributed by atoms with Gasteiger partial charge in [0.1, 0.15) is 0 Å². The van der Waals surface area contributed by atoms with Crippen LogP contribution in [0.15, 0.2) is 30.3 Å². The van der Waals surface area contributed by atoms with Crippen LogP contribution >= 0.6 is 11.8 Å². The van der Waals surface area contributed by atoms with Crippen molar-refractivity contribution in [3.05, 3.63) is 35.9 Å². The molecule has 1 amide bonds. The average Bonchev–Trinajstić information content (AvgIpc) is 2.98. The molecule has 1 heterocycles. The minimum Gasteiger partial charge on any atom is -0.396 e. The van der Waals surface area contributed by atoms with Gasteiger partial charge in [0.2, 0.25) is 5.91 Å². The van der Waals surface area contributed by atoms with Crippen LogP contribution in [0, 0.1) is 0 Å². The number of carbonyl (C=O) groups is 1. The number of amides is 1. The molecule has 2 unspecified atom stereocenters. The summed E-state index contributed by atoms with van der Waals surface area (Å²) in [7, 11) is 0. The van der Waals surface area contributed by atoms with Crippen LogP contribution in [0.4, 0.5) is 0 Å². The Balaban J connectivity index is 1.88. The first kappa shape index (κ1) is 14.4. The van der Waals surface area contributed by atoms with Crippen molar-refractivity contribution in [1.29, 1.82) is 0 Å². The number of hydrogen-bond donors (Lipinski definition) is 3. The minimum atomic E-state index is -0.0736. The maximum Gasteiger partial charge on any atom is 0.238 e. The van der Waals surface area contributed by atoms with Crippen LogP contribution in [0.3, 0.4) is 0 Å². The highest BCUT2D eigenvalue weighted by atomic mass is 32.2. The van der Waals surface area contributed by atoms with E-state index in [-0.39, 0.29) is 24.5 Å².